The van der Waals surface area contributed by atoms with E-state index < -0.39 is 0 Å². The summed E-state index contributed by atoms with van der Waals surface area (Å²) in [5.41, 5.74) is 12.4. The molecule has 1 aromatic heterocycles. The number of hydrogen-bond acceptors (Lipinski definition) is 2. The van der Waals surface area contributed by atoms with Crippen LogP contribution in [0.3, 0.4) is 0 Å². The molecule has 0 aliphatic heterocycles. The molecule has 0 amide bonds. The maximum atomic E-state index is 5.88. The van der Waals surface area contributed by atoms with Crippen LogP contribution in [0.5, 0.6) is 0 Å². The highest BCUT2D eigenvalue weighted by molar-refractivity contribution is 5.09. The smallest absolute Gasteiger partial charge is 0.0485 e. The SMILES string of the molecule is CC(CN)C(N)c1ccc[nH]1. The van der Waals surface area contributed by atoms with Crippen LogP contribution in [0.25, 0.3) is 0 Å². The lowest BCUT2D eigenvalue weighted by Gasteiger charge is -2.16. The second-order valence-corrected chi connectivity index (χ2v) is 2.86. The van der Waals surface area contributed by atoms with Gasteiger partial charge in [0, 0.05) is 17.9 Å². The molecule has 1 aromatic rings. The lowest BCUT2D eigenvalue weighted by Crippen LogP contribution is -2.25. The Kier molecular flexibility index (Phi) is 2.68. The molecule has 2 unspecified atom stereocenters. The van der Waals surface area contributed by atoms with E-state index in [-0.39, 0.29) is 6.04 Å². The molecule has 0 bridgehead atoms. The van der Waals surface area contributed by atoms with Crippen molar-refractivity contribution in [1.29, 1.82) is 0 Å². The minimum Gasteiger partial charge on any atom is -0.364 e. The van der Waals surface area contributed by atoms with E-state index in [1.165, 1.54) is 0 Å². The zero-order valence-corrected chi connectivity index (χ0v) is 6.75. The molecular formula is C8H15N3. The third kappa shape index (κ3) is 1.82. The molecule has 11 heavy (non-hydrogen) atoms. The summed E-state index contributed by atoms with van der Waals surface area (Å²) in [6, 6.07) is 3.96. The van der Waals surface area contributed by atoms with Gasteiger partial charge in [-0.15, -0.1) is 0 Å². The van der Waals surface area contributed by atoms with Crippen LogP contribution in [-0.2, 0) is 0 Å². The van der Waals surface area contributed by atoms with E-state index in [2.05, 4.69) is 4.98 Å². The van der Waals surface area contributed by atoms with Gasteiger partial charge >= 0.3 is 0 Å². The van der Waals surface area contributed by atoms with E-state index >= 15 is 0 Å². The van der Waals surface area contributed by atoms with Gasteiger partial charge in [0.25, 0.3) is 0 Å². The number of aromatic nitrogens is 1. The molecule has 0 radical (unpaired) electrons. The molecule has 0 spiro atoms. The van der Waals surface area contributed by atoms with Crippen molar-refractivity contribution in [2.45, 2.75) is 13.0 Å². The van der Waals surface area contributed by atoms with Crippen molar-refractivity contribution in [3.63, 3.8) is 0 Å². The van der Waals surface area contributed by atoms with E-state index in [1.54, 1.807) is 0 Å². The van der Waals surface area contributed by atoms with Crippen LogP contribution in [0.15, 0.2) is 18.3 Å². The molecule has 1 heterocycles. The standard InChI is InChI=1S/C8H15N3/c1-6(5-9)8(10)7-3-2-4-11-7/h2-4,6,8,11H,5,9-10H2,1H3. The summed E-state index contributed by atoms with van der Waals surface area (Å²) in [6.45, 7) is 2.67. The van der Waals surface area contributed by atoms with Crippen LogP contribution in [0, 0.1) is 5.92 Å². The van der Waals surface area contributed by atoms with Crippen LogP contribution in [0.2, 0.25) is 0 Å². The van der Waals surface area contributed by atoms with Gasteiger partial charge < -0.3 is 16.5 Å². The number of H-pyrrole nitrogens is 1. The van der Waals surface area contributed by atoms with Gasteiger partial charge in [0.2, 0.25) is 0 Å². The minimum atomic E-state index is 0.0370. The predicted molar refractivity (Wildman–Crippen MR) is 45.9 cm³/mol. The van der Waals surface area contributed by atoms with Gasteiger partial charge in [-0.3, -0.25) is 0 Å². The Balaban J connectivity index is 2.62. The van der Waals surface area contributed by atoms with Crippen molar-refractivity contribution >= 4 is 0 Å². The first-order valence-corrected chi connectivity index (χ1v) is 3.84. The van der Waals surface area contributed by atoms with Gasteiger partial charge in [0.1, 0.15) is 0 Å². The summed E-state index contributed by atoms with van der Waals surface area (Å²) in [7, 11) is 0. The fourth-order valence-corrected chi connectivity index (χ4v) is 1.00. The maximum absolute atomic E-state index is 5.88. The first kappa shape index (κ1) is 8.30. The van der Waals surface area contributed by atoms with Gasteiger partial charge in [-0.25, -0.2) is 0 Å². The van der Waals surface area contributed by atoms with Crippen molar-refractivity contribution in [2.24, 2.45) is 17.4 Å². The third-order valence-corrected chi connectivity index (χ3v) is 1.97. The summed E-state index contributed by atoms with van der Waals surface area (Å²) in [5.74, 6) is 0.327. The van der Waals surface area contributed by atoms with E-state index in [0.717, 1.165) is 5.69 Å². The van der Waals surface area contributed by atoms with Gasteiger partial charge in [-0.1, -0.05) is 6.92 Å². The first-order chi connectivity index (χ1) is 5.25. The zero-order chi connectivity index (χ0) is 8.27. The Morgan fingerprint density at radius 1 is 1.64 bits per heavy atom. The monoisotopic (exact) mass is 153 g/mol. The van der Waals surface area contributed by atoms with Gasteiger partial charge in [-0.05, 0) is 24.6 Å². The Labute approximate surface area is 66.8 Å². The molecule has 0 saturated heterocycles. The second kappa shape index (κ2) is 3.55. The molecule has 0 aliphatic carbocycles. The second-order valence-electron chi connectivity index (χ2n) is 2.86. The summed E-state index contributed by atoms with van der Waals surface area (Å²) >= 11 is 0. The highest BCUT2D eigenvalue weighted by atomic mass is 14.8. The van der Waals surface area contributed by atoms with Crippen molar-refractivity contribution < 1.29 is 0 Å². The van der Waals surface area contributed by atoms with E-state index in [0.29, 0.717) is 12.5 Å². The number of nitrogens with two attached hydrogens (primary N) is 2. The molecule has 5 N–H and O–H groups in total. The van der Waals surface area contributed by atoms with Gasteiger partial charge in [0.15, 0.2) is 0 Å². The number of hydrogen-bond donors (Lipinski definition) is 3. The Bertz CT molecular complexity index is 193. The largest absolute Gasteiger partial charge is 0.364 e. The van der Waals surface area contributed by atoms with Crippen LogP contribution in [0.1, 0.15) is 18.7 Å². The molecule has 0 aliphatic rings. The molecular weight excluding hydrogens is 138 g/mol. The average molecular weight is 153 g/mol. The zero-order valence-electron chi connectivity index (χ0n) is 6.75. The van der Waals surface area contributed by atoms with Crippen LogP contribution in [-0.4, -0.2) is 11.5 Å². The van der Waals surface area contributed by atoms with Crippen molar-refractivity contribution in [3.8, 4) is 0 Å². The van der Waals surface area contributed by atoms with Gasteiger partial charge in [-0.2, -0.15) is 0 Å². The fraction of sp³-hybridized carbons (Fsp3) is 0.500. The molecule has 3 heteroatoms. The lowest BCUT2D eigenvalue weighted by molar-refractivity contribution is 0.473. The maximum Gasteiger partial charge on any atom is 0.0485 e. The molecule has 62 valence electrons. The molecule has 0 fully saturated rings. The van der Waals surface area contributed by atoms with Crippen molar-refractivity contribution in [3.05, 3.63) is 24.0 Å². The quantitative estimate of drug-likeness (QED) is 0.595. The molecule has 3 nitrogen and oxygen atoms in total. The van der Waals surface area contributed by atoms with E-state index in [4.69, 9.17) is 11.5 Å². The summed E-state index contributed by atoms with van der Waals surface area (Å²) in [4.78, 5) is 3.07. The average Bonchev–Trinajstić information content (AvgIpc) is 2.53. The number of rotatable bonds is 3. The van der Waals surface area contributed by atoms with E-state index in [9.17, 15) is 0 Å². The van der Waals surface area contributed by atoms with Crippen molar-refractivity contribution in [2.75, 3.05) is 6.54 Å². The van der Waals surface area contributed by atoms with Crippen molar-refractivity contribution in [1.82, 2.24) is 4.98 Å². The first-order valence-electron chi connectivity index (χ1n) is 3.84. The van der Waals surface area contributed by atoms with Gasteiger partial charge in [0.05, 0.1) is 0 Å². The minimum absolute atomic E-state index is 0.0370. The molecule has 1 rings (SSSR count). The molecule has 2 atom stereocenters. The fourth-order valence-electron chi connectivity index (χ4n) is 1.00. The Morgan fingerprint density at radius 3 is 2.82 bits per heavy atom. The topological polar surface area (TPSA) is 67.8 Å². The Morgan fingerprint density at radius 2 is 2.36 bits per heavy atom. The van der Waals surface area contributed by atoms with E-state index in [1.807, 2.05) is 25.3 Å². The van der Waals surface area contributed by atoms with Crippen LogP contribution < -0.4 is 11.5 Å². The molecule has 0 aromatic carbocycles. The Hall–Kier alpha value is -0.800. The molecule has 0 saturated carbocycles. The third-order valence-electron chi connectivity index (χ3n) is 1.97. The summed E-state index contributed by atoms with van der Waals surface area (Å²) in [5, 5.41) is 0. The number of aromatic amines is 1. The van der Waals surface area contributed by atoms with Crippen LogP contribution >= 0.6 is 0 Å². The summed E-state index contributed by atoms with van der Waals surface area (Å²) < 4.78 is 0. The summed E-state index contributed by atoms with van der Waals surface area (Å²) in [6.07, 6.45) is 1.87. The lowest BCUT2D eigenvalue weighted by atomic mass is 10.0. The normalized spacial score (nSPS) is 16.3. The highest BCUT2D eigenvalue weighted by Gasteiger charge is 2.12. The van der Waals surface area contributed by atoms with Crippen LogP contribution in [0.4, 0.5) is 0 Å². The predicted octanol–water partition coefficient (Wildman–Crippen LogP) is 0.609. The number of nitrogens with one attached hydrogen (secondary N) is 1. The highest BCUT2D eigenvalue weighted by Crippen LogP contribution is 2.15.